The molecule has 156 valence electrons. The van der Waals surface area contributed by atoms with E-state index in [1.807, 2.05) is 72.8 Å². The molecule has 0 saturated carbocycles. The van der Waals surface area contributed by atoms with E-state index in [4.69, 9.17) is 11.6 Å². The highest BCUT2D eigenvalue weighted by molar-refractivity contribution is 6.46. The van der Waals surface area contributed by atoms with E-state index in [1.165, 1.54) is 0 Å². The van der Waals surface area contributed by atoms with Gasteiger partial charge in [-0.1, -0.05) is 60.1 Å². The molecule has 0 aliphatic carbocycles. The van der Waals surface area contributed by atoms with Crippen molar-refractivity contribution in [3.8, 4) is 0 Å². The molecule has 1 N–H and O–H groups in total. The van der Waals surface area contributed by atoms with Gasteiger partial charge in [-0.3, -0.25) is 9.59 Å². The van der Waals surface area contributed by atoms with Crippen LogP contribution in [0, 0.1) is 0 Å². The van der Waals surface area contributed by atoms with E-state index >= 15 is 0 Å². The summed E-state index contributed by atoms with van der Waals surface area (Å²) in [5.41, 5.74) is 4.14. The number of fused-ring (bicyclic) bond motifs is 3. The maximum atomic E-state index is 12.8. The number of hydrogen-bond acceptors (Lipinski definition) is 2. The molecule has 4 aromatic carbocycles. The average molecular weight is 439 g/mol. The lowest BCUT2D eigenvalue weighted by atomic mass is 10.1. The highest BCUT2D eigenvalue weighted by atomic mass is 35.5. The van der Waals surface area contributed by atoms with Gasteiger partial charge in [-0.05, 0) is 54.1 Å². The molecule has 1 heterocycles. The van der Waals surface area contributed by atoms with Gasteiger partial charge in [0.05, 0.1) is 0 Å². The molecular formula is C27H19ClN2O2. The molecular weight excluding hydrogens is 420 g/mol. The number of ketones is 1. The third-order valence-electron chi connectivity index (χ3n) is 5.53. The van der Waals surface area contributed by atoms with Crippen molar-refractivity contribution < 1.29 is 9.59 Å². The molecule has 5 heteroatoms. The van der Waals surface area contributed by atoms with Gasteiger partial charge in [0, 0.05) is 44.6 Å². The Bertz CT molecular complexity index is 1450. The normalized spacial score (nSPS) is 11.0. The zero-order valence-corrected chi connectivity index (χ0v) is 17.8. The van der Waals surface area contributed by atoms with Crippen LogP contribution in [0.15, 0.2) is 97.1 Å². The first-order valence-corrected chi connectivity index (χ1v) is 10.6. The minimum absolute atomic E-state index is 0.361. The lowest BCUT2D eigenvalue weighted by Crippen LogP contribution is -2.22. The summed E-state index contributed by atoms with van der Waals surface area (Å²) in [6.45, 7) is 0.670. The van der Waals surface area contributed by atoms with E-state index in [0.717, 1.165) is 27.4 Å². The first kappa shape index (κ1) is 20.0. The van der Waals surface area contributed by atoms with Crippen molar-refractivity contribution in [2.24, 2.45) is 0 Å². The second kappa shape index (κ2) is 8.33. The number of aromatic nitrogens is 1. The van der Waals surface area contributed by atoms with E-state index in [0.29, 0.717) is 22.8 Å². The second-order valence-corrected chi connectivity index (χ2v) is 8.05. The number of amides is 1. The Morgan fingerprint density at radius 2 is 1.44 bits per heavy atom. The van der Waals surface area contributed by atoms with Crippen LogP contribution >= 0.6 is 11.6 Å². The van der Waals surface area contributed by atoms with E-state index in [2.05, 4.69) is 16.0 Å². The molecule has 0 saturated heterocycles. The van der Waals surface area contributed by atoms with Crippen molar-refractivity contribution in [2.45, 2.75) is 6.54 Å². The third kappa shape index (κ3) is 3.77. The monoisotopic (exact) mass is 438 g/mol. The minimum Gasteiger partial charge on any atom is -0.336 e. The summed E-state index contributed by atoms with van der Waals surface area (Å²) in [4.78, 5) is 25.3. The molecule has 0 spiro atoms. The standard InChI is InChI=1S/C27H19ClN2O2/c28-20-13-10-18(11-14-20)17-30-24-9-5-4-8-22(24)23-16-19(12-15-25(23)30)26(31)27(32)29-21-6-2-1-3-7-21/h1-16H,17H2,(H,29,32). The van der Waals surface area contributed by atoms with Gasteiger partial charge in [0.1, 0.15) is 0 Å². The highest BCUT2D eigenvalue weighted by Gasteiger charge is 2.19. The Labute approximate surface area is 190 Å². The quantitative estimate of drug-likeness (QED) is 0.258. The predicted octanol–water partition coefficient (Wildman–Crippen LogP) is 6.32. The SMILES string of the molecule is O=C(Nc1ccccc1)C(=O)c1ccc2c(c1)c1ccccc1n2Cc1ccc(Cl)cc1. The van der Waals surface area contributed by atoms with Gasteiger partial charge in [0.25, 0.3) is 11.7 Å². The molecule has 1 aromatic heterocycles. The molecule has 0 aliphatic rings. The number of para-hydroxylation sites is 2. The molecule has 0 atom stereocenters. The lowest BCUT2D eigenvalue weighted by Gasteiger charge is -2.08. The molecule has 0 bridgehead atoms. The summed E-state index contributed by atoms with van der Waals surface area (Å²) in [5.74, 6) is -1.22. The largest absolute Gasteiger partial charge is 0.336 e. The Balaban J connectivity index is 1.54. The fraction of sp³-hybridized carbons (Fsp3) is 0.0370. The zero-order chi connectivity index (χ0) is 22.1. The molecule has 0 fully saturated rings. The van der Waals surface area contributed by atoms with E-state index in [9.17, 15) is 9.59 Å². The lowest BCUT2D eigenvalue weighted by molar-refractivity contribution is -0.112. The number of nitrogens with zero attached hydrogens (tertiary/aromatic N) is 1. The summed E-state index contributed by atoms with van der Waals surface area (Å²) in [6.07, 6.45) is 0. The molecule has 0 unspecified atom stereocenters. The molecule has 32 heavy (non-hydrogen) atoms. The minimum atomic E-state index is -0.652. The van der Waals surface area contributed by atoms with Crippen molar-refractivity contribution in [3.63, 3.8) is 0 Å². The van der Waals surface area contributed by atoms with E-state index in [-0.39, 0.29) is 0 Å². The van der Waals surface area contributed by atoms with E-state index in [1.54, 1.807) is 18.2 Å². The number of rotatable bonds is 5. The summed E-state index contributed by atoms with van der Waals surface area (Å²) in [6, 6.07) is 30.3. The Morgan fingerprint density at radius 3 is 2.22 bits per heavy atom. The van der Waals surface area contributed by atoms with Crippen LogP contribution in [0.5, 0.6) is 0 Å². The first-order chi connectivity index (χ1) is 15.6. The van der Waals surface area contributed by atoms with Gasteiger partial charge in [0.15, 0.2) is 0 Å². The van der Waals surface area contributed by atoms with Crippen LogP contribution in [0.2, 0.25) is 5.02 Å². The van der Waals surface area contributed by atoms with Crippen LogP contribution in [0.25, 0.3) is 21.8 Å². The number of Topliss-reactive ketones (excluding diaryl/α,β-unsaturated/α-hetero) is 1. The van der Waals surface area contributed by atoms with Gasteiger partial charge >= 0.3 is 0 Å². The molecule has 0 radical (unpaired) electrons. The molecule has 0 aliphatic heterocycles. The van der Waals surface area contributed by atoms with Gasteiger partial charge in [-0.15, -0.1) is 0 Å². The van der Waals surface area contributed by atoms with Crippen molar-refractivity contribution in [3.05, 3.63) is 113 Å². The van der Waals surface area contributed by atoms with Gasteiger partial charge in [-0.2, -0.15) is 0 Å². The Kier molecular flexibility index (Phi) is 5.21. The fourth-order valence-corrected chi connectivity index (χ4v) is 4.10. The van der Waals surface area contributed by atoms with Gasteiger partial charge in [0.2, 0.25) is 0 Å². The number of hydrogen-bond donors (Lipinski definition) is 1. The van der Waals surface area contributed by atoms with Gasteiger partial charge < -0.3 is 9.88 Å². The van der Waals surface area contributed by atoms with E-state index < -0.39 is 11.7 Å². The van der Waals surface area contributed by atoms with Crippen LogP contribution in [0.3, 0.4) is 0 Å². The van der Waals surface area contributed by atoms with Crippen LogP contribution in [-0.4, -0.2) is 16.3 Å². The number of anilines is 1. The molecule has 4 nitrogen and oxygen atoms in total. The van der Waals surface area contributed by atoms with Crippen LogP contribution in [-0.2, 0) is 11.3 Å². The Morgan fingerprint density at radius 1 is 0.750 bits per heavy atom. The van der Waals surface area contributed by atoms with Crippen molar-refractivity contribution >= 4 is 50.8 Å². The predicted molar refractivity (Wildman–Crippen MR) is 129 cm³/mol. The second-order valence-electron chi connectivity index (χ2n) is 7.61. The maximum absolute atomic E-state index is 12.8. The zero-order valence-electron chi connectivity index (χ0n) is 17.1. The number of halogens is 1. The number of benzene rings is 4. The third-order valence-corrected chi connectivity index (χ3v) is 5.78. The fourth-order valence-electron chi connectivity index (χ4n) is 3.98. The highest BCUT2D eigenvalue weighted by Crippen LogP contribution is 2.31. The molecule has 1 amide bonds. The number of carbonyl (C=O) groups excluding carboxylic acids is 2. The molecule has 5 rings (SSSR count). The summed E-state index contributed by atoms with van der Waals surface area (Å²) in [5, 5.41) is 5.34. The Hall–Kier alpha value is -3.89. The number of nitrogens with one attached hydrogen (secondary N) is 1. The summed E-state index contributed by atoms with van der Waals surface area (Å²) >= 11 is 6.04. The topological polar surface area (TPSA) is 51.1 Å². The van der Waals surface area contributed by atoms with Crippen LogP contribution < -0.4 is 5.32 Å². The van der Waals surface area contributed by atoms with Crippen LogP contribution in [0.1, 0.15) is 15.9 Å². The number of carbonyl (C=O) groups is 2. The summed E-state index contributed by atoms with van der Waals surface area (Å²) < 4.78 is 2.21. The maximum Gasteiger partial charge on any atom is 0.296 e. The molecule has 5 aromatic rings. The summed E-state index contributed by atoms with van der Waals surface area (Å²) in [7, 11) is 0. The van der Waals surface area contributed by atoms with Gasteiger partial charge in [-0.25, -0.2) is 0 Å². The van der Waals surface area contributed by atoms with Crippen molar-refractivity contribution in [2.75, 3.05) is 5.32 Å². The van der Waals surface area contributed by atoms with Crippen molar-refractivity contribution in [1.29, 1.82) is 0 Å². The smallest absolute Gasteiger partial charge is 0.296 e. The van der Waals surface area contributed by atoms with Crippen molar-refractivity contribution in [1.82, 2.24) is 4.57 Å². The average Bonchev–Trinajstić information content (AvgIpc) is 3.13. The first-order valence-electron chi connectivity index (χ1n) is 10.3. The van der Waals surface area contributed by atoms with Crippen LogP contribution in [0.4, 0.5) is 5.69 Å².